The molecule has 0 N–H and O–H groups in total. The molecule has 5 nitrogen and oxygen atoms in total. The van der Waals surface area contributed by atoms with Crippen LogP contribution in [0.3, 0.4) is 0 Å². The lowest BCUT2D eigenvalue weighted by Gasteiger charge is -2.26. The first-order valence-electron chi connectivity index (χ1n) is 10.4. The van der Waals surface area contributed by atoms with E-state index >= 15 is 0 Å². The van der Waals surface area contributed by atoms with E-state index in [-0.39, 0.29) is 5.91 Å². The number of thiazole rings is 1. The van der Waals surface area contributed by atoms with E-state index in [0.29, 0.717) is 24.9 Å². The van der Waals surface area contributed by atoms with Gasteiger partial charge < -0.3 is 9.64 Å². The molecular formula is C22H29N3O2S. The zero-order valence-corrected chi connectivity index (χ0v) is 17.4. The smallest absolute Gasteiger partial charge is 0.273 e. The van der Waals surface area contributed by atoms with E-state index in [1.165, 1.54) is 43.7 Å². The first kappa shape index (κ1) is 19.4. The number of ether oxygens (including phenoxy) is 1. The van der Waals surface area contributed by atoms with Crippen molar-refractivity contribution in [1.82, 2.24) is 14.8 Å². The normalized spacial score (nSPS) is 17.5. The Kier molecular flexibility index (Phi) is 6.27. The average molecular weight is 400 g/mol. The molecule has 0 bridgehead atoms. The van der Waals surface area contributed by atoms with Gasteiger partial charge in [0.05, 0.1) is 5.01 Å². The number of aryl methyl sites for hydroxylation is 1. The number of likely N-dealkylation sites (tertiary alicyclic amines) is 1. The molecule has 0 atom stereocenters. The van der Waals surface area contributed by atoms with Gasteiger partial charge in [0.15, 0.2) is 0 Å². The molecule has 2 fully saturated rings. The largest absolute Gasteiger partial charge is 0.492 e. The van der Waals surface area contributed by atoms with E-state index in [1.54, 1.807) is 0 Å². The summed E-state index contributed by atoms with van der Waals surface area (Å²) in [6.45, 7) is 6.64. The summed E-state index contributed by atoms with van der Waals surface area (Å²) >= 11 is 1.53. The number of benzene rings is 1. The van der Waals surface area contributed by atoms with E-state index in [4.69, 9.17) is 4.74 Å². The van der Waals surface area contributed by atoms with Crippen LogP contribution in [-0.2, 0) is 6.54 Å². The monoisotopic (exact) mass is 399 g/mol. The van der Waals surface area contributed by atoms with Crippen LogP contribution in [0.25, 0.3) is 0 Å². The highest BCUT2D eigenvalue weighted by molar-refractivity contribution is 7.09. The summed E-state index contributed by atoms with van der Waals surface area (Å²) in [5, 5.41) is 2.80. The van der Waals surface area contributed by atoms with Crippen LogP contribution in [-0.4, -0.2) is 53.0 Å². The lowest BCUT2D eigenvalue weighted by molar-refractivity contribution is 0.0724. The van der Waals surface area contributed by atoms with Crippen molar-refractivity contribution in [2.45, 2.75) is 51.6 Å². The first-order chi connectivity index (χ1) is 13.7. The second-order valence-corrected chi connectivity index (χ2v) is 8.88. The number of hydrogen-bond acceptors (Lipinski definition) is 5. The first-order valence-corrected chi connectivity index (χ1v) is 11.2. The fraction of sp³-hybridized carbons (Fsp3) is 0.545. The van der Waals surface area contributed by atoms with Crippen molar-refractivity contribution in [3.8, 4) is 5.75 Å². The Balaban J connectivity index is 1.35. The second-order valence-electron chi connectivity index (χ2n) is 7.81. The van der Waals surface area contributed by atoms with Crippen molar-refractivity contribution < 1.29 is 9.53 Å². The van der Waals surface area contributed by atoms with E-state index in [9.17, 15) is 4.79 Å². The van der Waals surface area contributed by atoms with Gasteiger partial charge in [-0.05, 0) is 63.4 Å². The average Bonchev–Trinajstić information content (AvgIpc) is 3.47. The lowest BCUT2D eigenvalue weighted by Crippen LogP contribution is -2.33. The molecule has 1 aliphatic heterocycles. The molecule has 0 unspecified atom stereocenters. The summed E-state index contributed by atoms with van der Waals surface area (Å²) in [5.74, 6) is 0.936. The molecule has 1 aromatic heterocycles. The molecule has 1 aliphatic carbocycles. The van der Waals surface area contributed by atoms with E-state index in [0.717, 1.165) is 35.7 Å². The van der Waals surface area contributed by atoms with Gasteiger partial charge in [0.2, 0.25) is 0 Å². The number of hydrogen-bond donors (Lipinski definition) is 0. The molecule has 6 heteroatoms. The SMILES string of the molecule is Cc1nc(C(=O)N(Cc2cccc(OCCN3CCCCC3)c2)C2CC2)cs1. The van der Waals surface area contributed by atoms with E-state index < -0.39 is 0 Å². The number of rotatable bonds is 8. The zero-order valence-electron chi connectivity index (χ0n) is 16.6. The van der Waals surface area contributed by atoms with Gasteiger partial charge >= 0.3 is 0 Å². The lowest BCUT2D eigenvalue weighted by atomic mass is 10.1. The Morgan fingerprint density at radius 2 is 2.11 bits per heavy atom. The third-order valence-electron chi connectivity index (χ3n) is 5.46. The molecule has 2 aromatic rings. The van der Waals surface area contributed by atoms with Gasteiger partial charge in [-0.2, -0.15) is 0 Å². The van der Waals surface area contributed by atoms with Crippen molar-refractivity contribution in [3.05, 3.63) is 45.9 Å². The van der Waals surface area contributed by atoms with Gasteiger partial charge in [-0.1, -0.05) is 18.6 Å². The fourth-order valence-corrected chi connectivity index (χ4v) is 4.35. The molecule has 1 saturated carbocycles. The number of carbonyl (C=O) groups is 1. The zero-order chi connectivity index (χ0) is 19.3. The summed E-state index contributed by atoms with van der Waals surface area (Å²) < 4.78 is 6.00. The summed E-state index contributed by atoms with van der Waals surface area (Å²) in [7, 11) is 0. The van der Waals surface area contributed by atoms with Crippen molar-refractivity contribution in [3.63, 3.8) is 0 Å². The van der Waals surface area contributed by atoms with Crippen LogP contribution in [0.1, 0.15) is 53.2 Å². The Labute approximate surface area is 171 Å². The maximum atomic E-state index is 12.9. The highest BCUT2D eigenvalue weighted by atomic mass is 32.1. The molecule has 0 spiro atoms. The number of carbonyl (C=O) groups excluding carboxylic acids is 1. The van der Waals surface area contributed by atoms with Gasteiger partial charge in [0.25, 0.3) is 5.91 Å². The van der Waals surface area contributed by atoms with Crippen molar-refractivity contribution in [2.24, 2.45) is 0 Å². The molecule has 0 radical (unpaired) electrons. The summed E-state index contributed by atoms with van der Waals surface area (Å²) in [6.07, 6.45) is 6.13. The van der Waals surface area contributed by atoms with Gasteiger partial charge in [-0.15, -0.1) is 11.3 Å². The Morgan fingerprint density at radius 3 is 2.82 bits per heavy atom. The second kappa shape index (κ2) is 9.05. The number of nitrogens with zero attached hydrogens (tertiary/aromatic N) is 3. The number of aromatic nitrogens is 1. The predicted molar refractivity (Wildman–Crippen MR) is 112 cm³/mol. The summed E-state index contributed by atoms with van der Waals surface area (Å²) in [4.78, 5) is 21.7. The van der Waals surface area contributed by atoms with Crippen LogP contribution in [0.5, 0.6) is 5.75 Å². The number of piperidine rings is 1. The molecule has 1 aromatic carbocycles. The third-order valence-corrected chi connectivity index (χ3v) is 6.24. The van der Waals surface area contributed by atoms with Crippen LogP contribution in [0.2, 0.25) is 0 Å². The predicted octanol–water partition coefficient (Wildman–Crippen LogP) is 4.12. The standard InChI is InChI=1S/C22H29N3O2S/c1-17-23-21(16-28-17)22(26)25(19-8-9-19)15-18-6-5-7-20(14-18)27-13-12-24-10-3-2-4-11-24/h5-7,14,16,19H,2-4,8-13,15H2,1H3. The maximum absolute atomic E-state index is 12.9. The van der Waals surface area contributed by atoms with Crippen LogP contribution in [0.15, 0.2) is 29.6 Å². The molecule has 1 saturated heterocycles. The summed E-state index contributed by atoms with van der Waals surface area (Å²) in [6, 6.07) is 8.52. The minimum absolute atomic E-state index is 0.0447. The molecule has 150 valence electrons. The Bertz CT molecular complexity index is 797. The molecule has 28 heavy (non-hydrogen) atoms. The third kappa shape index (κ3) is 5.11. The van der Waals surface area contributed by atoms with Crippen LogP contribution in [0, 0.1) is 6.92 Å². The molecule has 2 heterocycles. The topological polar surface area (TPSA) is 45.7 Å². The van der Waals surface area contributed by atoms with Crippen molar-refractivity contribution in [1.29, 1.82) is 0 Å². The van der Waals surface area contributed by atoms with Gasteiger partial charge in [0, 0.05) is 24.5 Å². The molecular weight excluding hydrogens is 370 g/mol. The van der Waals surface area contributed by atoms with Gasteiger partial charge in [0.1, 0.15) is 18.1 Å². The van der Waals surface area contributed by atoms with E-state index in [2.05, 4.69) is 22.0 Å². The minimum Gasteiger partial charge on any atom is -0.492 e. The van der Waals surface area contributed by atoms with Crippen LogP contribution < -0.4 is 4.74 Å². The Hall–Kier alpha value is -1.92. The van der Waals surface area contributed by atoms with Crippen molar-refractivity contribution in [2.75, 3.05) is 26.2 Å². The minimum atomic E-state index is 0.0447. The number of amides is 1. The molecule has 1 amide bonds. The molecule has 2 aliphatic rings. The van der Waals surface area contributed by atoms with Crippen LogP contribution in [0.4, 0.5) is 0 Å². The van der Waals surface area contributed by atoms with Gasteiger partial charge in [-0.25, -0.2) is 4.98 Å². The summed E-state index contributed by atoms with van der Waals surface area (Å²) in [5.41, 5.74) is 1.69. The van der Waals surface area contributed by atoms with Crippen molar-refractivity contribution >= 4 is 17.2 Å². The maximum Gasteiger partial charge on any atom is 0.273 e. The highest BCUT2D eigenvalue weighted by Crippen LogP contribution is 2.30. The van der Waals surface area contributed by atoms with Gasteiger partial charge in [-0.3, -0.25) is 9.69 Å². The van der Waals surface area contributed by atoms with Crippen LogP contribution >= 0.6 is 11.3 Å². The highest BCUT2D eigenvalue weighted by Gasteiger charge is 2.34. The Morgan fingerprint density at radius 1 is 1.29 bits per heavy atom. The fourth-order valence-electron chi connectivity index (χ4n) is 3.77. The van der Waals surface area contributed by atoms with E-state index in [1.807, 2.05) is 29.3 Å². The molecule has 4 rings (SSSR count). The quantitative estimate of drug-likeness (QED) is 0.670.